The van der Waals surface area contributed by atoms with Crippen LogP contribution in [0.4, 0.5) is 10.7 Å². The molecule has 0 fully saturated rings. The summed E-state index contributed by atoms with van der Waals surface area (Å²) < 4.78 is 0. The zero-order chi connectivity index (χ0) is 18.0. The summed E-state index contributed by atoms with van der Waals surface area (Å²) in [4.78, 5) is 35.8. The van der Waals surface area contributed by atoms with Crippen LogP contribution in [0.3, 0.4) is 0 Å². The number of fused-ring (bicyclic) bond motifs is 1. The molecule has 0 bridgehead atoms. The Morgan fingerprint density at radius 1 is 1.24 bits per heavy atom. The van der Waals surface area contributed by atoms with Crippen molar-refractivity contribution in [1.29, 1.82) is 0 Å². The van der Waals surface area contributed by atoms with Crippen molar-refractivity contribution >= 4 is 33.8 Å². The normalized spacial score (nSPS) is 13.1. The molecule has 0 saturated carbocycles. The van der Waals surface area contributed by atoms with E-state index in [1.165, 1.54) is 17.4 Å². The molecule has 7 nitrogen and oxygen atoms in total. The second-order valence-electron chi connectivity index (χ2n) is 5.89. The van der Waals surface area contributed by atoms with Crippen LogP contribution in [0, 0.1) is 10.1 Å². The maximum absolute atomic E-state index is 12.4. The summed E-state index contributed by atoms with van der Waals surface area (Å²) in [6, 6.07) is 6.11. The smallest absolute Gasteiger partial charge is 0.273 e. The van der Waals surface area contributed by atoms with Crippen LogP contribution in [0.5, 0.6) is 0 Å². The first-order valence-corrected chi connectivity index (χ1v) is 8.75. The summed E-state index contributed by atoms with van der Waals surface area (Å²) in [7, 11) is 0. The second kappa shape index (κ2) is 7.02. The molecule has 0 saturated heterocycles. The lowest BCUT2D eigenvalue weighted by atomic mass is 9.95. The predicted octanol–water partition coefficient (Wildman–Crippen LogP) is 2.82. The lowest BCUT2D eigenvalue weighted by molar-refractivity contribution is -0.385. The largest absolute Gasteiger partial charge is 0.365 e. The quantitative estimate of drug-likeness (QED) is 0.631. The average molecular weight is 359 g/mol. The predicted molar refractivity (Wildman–Crippen MR) is 94.9 cm³/mol. The van der Waals surface area contributed by atoms with Crippen molar-refractivity contribution in [3.05, 3.63) is 55.9 Å². The number of nitro groups is 1. The summed E-state index contributed by atoms with van der Waals surface area (Å²) in [6.45, 7) is 0. The molecule has 1 aromatic carbocycles. The highest BCUT2D eigenvalue weighted by molar-refractivity contribution is 7.17. The number of anilines is 1. The number of carbonyl (C=O) groups is 2. The number of nitrogens with zero attached hydrogens (tertiary/aromatic N) is 1. The van der Waals surface area contributed by atoms with Gasteiger partial charge in [-0.2, -0.15) is 0 Å². The van der Waals surface area contributed by atoms with E-state index in [4.69, 9.17) is 5.73 Å². The summed E-state index contributed by atoms with van der Waals surface area (Å²) in [5.41, 5.74) is 7.05. The van der Waals surface area contributed by atoms with E-state index in [-0.39, 0.29) is 12.1 Å². The SMILES string of the molecule is NC(=O)c1c(NC(=O)Cc2ccccc2[N+](=O)[O-])sc2c1CCCC2. The van der Waals surface area contributed by atoms with Gasteiger partial charge in [-0.1, -0.05) is 18.2 Å². The molecule has 0 spiro atoms. The fourth-order valence-corrected chi connectivity index (χ4v) is 4.41. The molecule has 3 rings (SSSR count). The van der Waals surface area contributed by atoms with Gasteiger partial charge in [-0.05, 0) is 31.2 Å². The molecule has 3 N–H and O–H groups in total. The Morgan fingerprint density at radius 2 is 1.96 bits per heavy atom. The van der Waals surface area contributed by atoms with Crippen LogP contribution >= 0.6 is 11.3 Å². The van der Waals surface area contributed by atoms with E-state index >= 15 is 0 Å². The fourth-order valence-electron chi connectivity index (χ4n) is 3.10. The molecule has 8 heteroatoms. The van der Waals surface area contributed by atoms with Crippen molar-refractivity contribution in [1.82, 2.24) is 0 Å². The third-order valence-electron chi connectivity index (χ3n) is 4.21. The minimum Gasteiger partial charge on any atom is -0.365 e. The highest BCUT2D eigenvalue weighted by atomic mass is 32.1. The molecule has 0 aliphatic heterocycles. The van der Waals surface area contributed by atoms with Gasteiger partial charge in [0.2, 0.25) is 5.91 Å². The number of nitrogens with two attached hydrogens (primary N) is 1. The van der Waals surface area contributed by atoms with E-state index in [2.05, 4.69) is 5.32 Å². The zero-order valence-corrected chi connectivity index (χ0v) is 14.2. The van der Waals surface area contributed by atoms with Gasteiger partial charge in [0.15, 0.2) is 0 Å². The minimum absolute atomic E-state index is 0.0988. The Kier molecular flexibility index (Phi) is 4.80. The fraction of sp³-hybridized carbons (Fsp3) is 0.294. The summed E-state index contributed by atoms with van der Waals surface area (Å²) in [5, 5.41) is 14.2. The van der Waals surface area contributed by atoms with Gasteiger partial charge in [0.05, 0.1) is 16.9 Å². The standard InChI is InChI=1S/C17H17N3O4S/c18-16(22)15-11-6-2-4-8-13(11)25-17(15)19-14(21)9-10-5-1-3-7-12(10)20(23)24/h1,3,5,7H,2,4,6,8-9H2,(H2,18,22)(H,19,21). The van der Waals surface area contributed by atoms with Crippen molar-refractivity contribution in [3.63, 3.8) is 0 Å². The molecule has 1 heterocycles. The molecule has 25 heavy (non-hydrogen) atoms. The van der Waals surface area contributed by atoms with Crippen LogP contribution in [-0.4, -0.2) is 16.7 Å². The third-order valence-corrected chi connectivity index (χ3v) is 5.42. The van der Waals surface area contributed by atoms with E-state index in [9.17, 15) is 19.7 Å². The van der Waals surface area contributed by atoms with Gasteiger partial charge in [0, 0.05) is 16.5 Å². The first kappa shape index (κ1) is 17.1. The van der Waals surface area contributed by atoms with Crippen molar-refractivity contribution in [2.75, 3.05) is 5.32 Å². The van der Waals surface area contributed by atoms with Crippen LogP contribution in [0.25, 0.3) is 0 Å². The van der Waals surface area contributed by atoms with E-state index in [1.54, 1.807) is 18.2 Å². The molecule has 0 radical (unpaired) electrons. The van der Waals surface area contributed by atoms with Gasteiger partial charge in [-0.3, -0.25) is 19.7 Å². The van der Waals surface area contributed by atoms with Gasteiger partial charge in [-0.25, -0.2) is 0 Å². The molecule has 1 aliphatic rings. The highest BCUT2D eigenvalue weighted by Crippen LogP contribution is 2.38. The Morgan fingerprint density at radius 3 is 2.68 bits per heavy atom. The number of carbonyl (C=O) groups excluding carboxylic acids is 2. The summed E-state index contributed by atoms with van der Waals surface area (Å²) in [5.74, 6) is -0.962. The summed E-state index contributed by atoms with van der Waals surface area (Å²) in [6.07, 6.45) is 3.56. The monoisotopic (exact) mass is 359 g/mol. The lowest BCUT2D eigenvalue weighted by Gasteiger charge is -2.11. The number of nitro benzene ring substituents is 1. The topological polar surface area (TPSA) is 115 Å². The first-order chi connectivity index (χ1) is 12.0. The number of hydrogen-bond donors (Lipinski definition) is 2. The van der Waals surface area contributed by atoms with Crippen molar-refractivity contribution in [3.8, 4) is 0 Å². The first-order valence-electron chi connectivity index (χ1n) is 7.94. The van der Waals surface area contributed by atoms with Crippen molar-refractivity contribution < 1.29 is 14.5 Å². The molecular formula is C17H17N3O4S. The van der Waals surface area contributed by atoms with Crippen molar-refractivity contribution in [2.45, 2.75) is 32.1 Å². The number of benzene rings is 1. The lowest BCUT2D eigenvalue weighted by Crippen LogP contribution is -2.19. The molecule has 2 aromatic rings. The van der Waals surface area contributed by atoms with Crippen LogP contribution < -0.4 is 11.1 Å². The zero-order valence-electron chi connectivity index (χ0n) is 13.4. The van der Waals surface area contributed by atoms with Crippen molar-refractivity contribution in [2.24, 2.45) is 5.73 Å². The molecule has 130 valence electrons. The molecule has 0 atom stereocenters. The van der Waals surface area contributed by atoms with Gasteiger partial charge >= 0.3 is 0 Å². The highest BCUT2D eigenvalue weighted by Gasteiger charge is 2.25. The van der Waals surface area contributed by atoms with E-state index in [0.717, 1.165) is 36.1 Å². The molecule has 0 unspecified atom stereocenters. The van der Waals surface area contributed by atoms with Crippen LogP contribution in [0.15, 0.2) is 24.3 Å². The Labute approximate surface area is 148 Å². The number of primary amides is 1. The number of hydrogen-bond acceptors (Lipinski definition) is 5. The molecular weight excluding hydrogens is 342 g/mol. The second-order valence-corrected chi connectivity index (χ2v) is 7.00. The molecule has 1 aliphatic carbocycles. The number of amides is 2. The number of aryl methyl sites for hydroxylation is 1. The van der Waals surface area contributed by atoms with Crippen LogP contribution in [0.1, 0.15) is 39.2 Å². The maximum Gasteiger partial charge on any atom is 0.273 e. The van der Waals surface area contributed by atoms with E-state index in [1.807, 2.05) is 0 Å². The average Bonchev–Trinajstić information content (AvgIpc) is 2.92. The number of nitrogens with one attached hydrogen (secondary N) is 1. The molecule has 1 aromatic heterocycles. The third kappa shape index (κ3) is 3.53. The Hall–Kier alpha value is -2.74. The number of thiophene rings is 1. The van der Waals surface area contributed by atoms with Gasteiger partial charge in [0.25, 0.3) is 11.6 Å². The maximum atomic E-state index is 12.4. The van der Waals surface area contributed by atoms with Crippen LogP contribution in [0.2, 0.25) is 0 Å². The number of rotatable bonds is 5. The Bertz CT molecular complexity index is 860. The van der Waals surface area contributed by atoms with Gasteiger partial charge < -0.3 is 11.1 Å². The number of para-hydroxylation sites is 1. The van der Waals surface area contributed by atoms with Crippen LogP contribution in [-0.2, 0) is 24.1 Å². The minimum atomic E-state index is -0.555. The Balaban J connectivity index is 1.84. The van der Waals surface area contributed by atoms with Gasteiger partial charge in [-0.15, -0.1) is 11.3 Å². The van der Waals surface area contributed by atoms with E-state index in [0.29, 0.717) is 16.1 Å². The summed E-state index contributed by atoms with van der Waals surface area (Å²) >= 11 is 1.37. The van der Waals surface area contributed by atoms with E-state index < -0.39 is 16.7 Å². The molecule has 2 amide bonds. The van der Waals surface area contributed by atoms with Gasteiger partial charge in [0.1, 0.15) is 5.00 Å².